The Kier molecular flexibility index (Phi) is 8.47. The highest BCUT2D eigenvalue weighted by atomic mass is 32.3. The molecule has 0 saturated carbocycles. The standard InChI is InChI=1S/C30H34O4S2/c1-2-3-4-5-6-7-8-17-30(35(31,32)28-20-18-24-13-9-11-15-26(24)22-28)36(33,34)29-21-19-25-14-10-12-16-27(25)23-29/h9-16,18-23,30H,2-8,17H2,1H3. The van der Waals surface area contributed by atoms with E-state index in [1.807, 2.05) is 48.5 Å². The van der Waals surface area contributed by atoms with Crippen molar-refractivity contribution >= 4 is 41.2 Å². The largest absolute Gasteiger partial charge is 0.222 e. The second-order valence-corrected chi connectivity index (χ2v) is 14.0. The molecular formula is C30H34O4S2. The van der Waals surface area contributed by atoms with Gasteiger partial charge in [-0.3, -0.25) is 0 Å². The molecule has 0 heterocycles. The minimum absolute atomic E-state index is 0.0542. The number of rotatable bonds is 12. The lowest BCUT2D eigenvalue weighted by atomic mass is 10.1. The molecule has 0 aliphatic carbocycles. The summed E-state index contributed by atoms with van der Waals surface area (Å²) in [6.45, 7) is 2.17. The first kappa shape index (κ1) is 26.4. The average molecular weight is 523 g/mol. The van der Waals surface area contributed by atoms with Gasteiger partial charge in [0.2, 0.25) is 0 Å². The summed E-state index contributed by atoms with van der Waals surface area (Å²) in [4.78, 5) is 0.108. The maximum atomic E-state index is 13.9. The zero-order chi connectivity index (χ0) is 25.6. The highest BCUT2D eigenvalue weighted by molar-refractivity contribution is 8.09. The second-order valence-electron chi connectivity index (χ2n) is 9.45. The Hall–Kier alpha value is -2.70. The van der Waals surface area contributed by atoms with E-state index in [0.717, 1.165) is 53.6 Å². The van der Waals surface area contributed by atoms with Crippen LogP contribution in [-0.4, -0.2) is 21.4 Å². The molecule has 4 aromatic rings. The van der Waals surface area contributed by atoms with Gasteiger partial charge in [-0.05, 0) is 52.2 Å². The normalized spacial score (nSPS) is 12.5. The topological polar surface area (TPSA) is 68.3 Å². The molecule has 4 aromatic carbocycles. The van der Waals surface area contributed by atoms with Gasteiger partial charge < -0.3 is 0 Å². The van der Waals surface area contributed by atoms with Gasteiger partial charge in [0, 0.05) is 0 Å². The van der Waals surface area contributed by atoms with Crippen molar-refractivity contribution in [2.75, 3.05) is 0 Å². The molecular weight excluding hydrogens is 488 g/mol. The Morgan fingerprint density at radius 2 is 0.944 bits per heavy atom. The molecule has 36 heavy (non-hydrogen) atoms. The van der Waals surface area contributed by atoms with Crippen molar-refractivity contribution in [3.8, 4) is 0 Å². The van der Waals surface area contributed by atoms with Crippen LogP contribution in [0.4, 0.5) is 0 Å². The molecule has 0 N–H and O–H groups in total. The van der Waals surface area contributed by atoms with Crippen LogP contribution in [0.2, 0.25) is 0 Å². The van der Waals surface area contributed by atoms with Gasteiger partial charge in [-0.2, -0.15) is 0 Å². The third kappa shape index (κ3) is 5.81. The van der Waals surface area contributed by atoms with Gasteiger partial charge in [-0.25, -0.2) is 16.8 Å². The van der Waals surface area contributed by atoms with E-state index < -0.39 is 24.3 Å². The average Bonchev–Trinajstić information content (AvgIpc) is 2.89. The van der Waals surface area contributed by atoms with Gasteiger partial charge in [0.05, 0.1) is 9.79 Å². The van der Waals surface area contributed by atoms with Crippen molar-refractivity contribution in [1.29, 1.82) is 0 Å². The van der Waals surface area contributed by atoms with Crippen molar-refractivity contribution in [2.45, 2.75) is 72.7 Å². The first-order chi connectivity index (χ1) is 17.3. The maximum absolute atomic E-state index is 13.9. The van der Waals surface area contributed by atoms with E-state index in [4.69, 9.17) is 0 Å². The quantitative estimate of drug-likeness (QED) is 0.179. The Labute approximate surface area is 215 Å². The molecule has 0 saturated heterocycles. The number of unbranched alkanes of at least 4 members (excludes halogenated alkanes) is 6. The maximum Gasteiger partial charge on any atom is 0.195 e. The lowest BCUT2D eigenvalue weighted by Crippen LogP contribution is -2.31. The first-order valence-corrected chi connectivity index (χ1v) is 15.9. The van der Waals surface area contributed by atoms with Crippen LogP contribution in [-0.2, 0) is 19.7 Å². The van der Waals surface area contributed by atoms with E-state index in [1.165, 1.54) is 18.6 Å². The molecule has 0 radical (unpaired) electrons. The highest BCUT2D eigenvalue weighted by Crippen LogP contribution is 2.32. The molecule has 4 nitrogen and oxygen atoms in total. The minimum atomic E-state index is -4.14. The molecule has 190 valence electrons. The minimum Gasteiger partial charge on any atom is -0.222 e. The number of hydrogen-bond acceptors (Lipinski definition) is 4. The molecule has 0 unspecified atom stereocenters. The summed E-state index contributed by atoms with van der Waals surface area (Å²) in [6, 6.07) is 24.7. The van der Waals surface area contributed by atoms with E-state index in [0.29, 0.717) is 6.42 Å². The third-order valence-electron chi connectivity index (χ3n) is 6.83. The molecule has 0 aliphatic rings. The van der Waals surface area contributed by atoms with Crippen molar-refractivity contribution in [1.82, 2.24) is 0 Å². The van der Waals surface area contributed by atoms with E-state index >= 15 is 0 Å². The van der Waals surface area contributed by atoms with Gasteiger partial charge >= 0.3 is 0 Å². The van der Waals surface area contributed by atoms with Crippen LogP contribution < -0.4 is 0 Å². The summed E-state index contributed by atoms with van der Waals surface area (Å²) in [5.41, 5.74) is 0. The number of benzene rings is 4. The van der Waals surface area contributed by atoms with Crippen LogP contribution >= 0.6 is 0 Å². The zero-order valence-corrected chi connectivity index (χ0v) is 22.4. The Morgan fingerprint density at radius 3 is 1.42 bits per heavy atom. The molecule has 0 fully saturated rings. The molecule has 0 bridgehead atoms. The van der Waals surface area contributed by atoms with Gasteiger partial charge in [-0.15, -0.1) is 0 Å². The van der Waals surface area contributed by atoms with Crippen molar-refractivity contribution in [2.24, 2.45) is 0 Å². The summed E-state index contributed by atoms with van der Waals surface area (Å²) in [5.74, 6) is 0. The summed E-state index contributed by atoms with van der Waals surface area (Å²) < 4.78 is 54.0. The van der Waals surface area contributed by atoms with Gasteiger partial charge in [0.25, 0.3) is 0 Å². The predicted octanol–water partition coefficient (Wildman–Crippen LogP) is 7.71. The van der Waals surface area contributed by atoms with Crippen LogP contribution in [0.15, 0.2) is 94.7 Å². The highest BCUT2D eigenvalue weighted by Gasteiger charge is 2.39. The molecule has 0 aromatic heterocycles. The molecule has 0 spiro atoms. The van der Waals surface area contributed by atoms with Crippen molar-refractivity contribution in [3.05, 3.63) is 84.9 Å². The number of sulfone groups is 2. The van der Waals surface area contributed by atoms with Crippen molar-refractivity contribution < 1.29 is 16.8 Å². The summed E-state index contributed by atoms with van der Waals surface area (Å²) in [5, 5.41) is 3.38. The zero-order valence-electron chi connectivity index (χ0n) is 20.8. The van der Waals surface area contributed by atoms with E-state index in [9.17, 15) is 16.8 Å². The van der Waals surface area contributed by atoms with Crippen LogP contribution in [0, 0.1) is 0 Å². The SMILES string of the molecule is CCCCCCCCCC(S(=O)(=O)c1ccc2ccccc2c1)S(=O)(=O)c1ccc2ccccc2c1. The predicted molar refractivity (Wildman–Crippen MR) is 149 cm³/mol. The summed E-state index contributed by atoms with van der Waals surface area (Å²) in [7, 11) is -8.28. The van der Waals surface area contributed by atoms with Gasteiger partial charge in [-0.1, -0.05) is 113 Å². The molecule has 4 rings (SSSR count). The first-order valence-electron chi connectivity index (χ1n) is 12.8. The molecule has 0 amide bonds. The fraction of sp³-hybridized carbons (Fsp3) is 0.333. The van der Waals surface area contributed by atoms with Crippen LogP contribution in [0.1, 0.15) is 58.3 Å². The van der Waals surface area contributed by atoms with E-state index in [-0.39, 0.29) is 16.2 Å². The van der Waals surface area contributed by atoms with Crippen LogP contribution in [0.5, 0.6) is 0 Å². The van der Waals surface area contributed by atoms with E-state index in [2.05, 4.69) is 6.92 Å². The van der Waals surface area contributed by atoms with E-state index in [1.54, 1.807) is 24.3 Å². The fourth-order valence-corrected chi connectivity index (χ4v) is 9.40. The van der Waals surface area contributed by atoms with Gasteiger partial charge in [0.1, 0.15) is 0 Å². The smallest absolute Gasteiger partial charge is 0.195 e. The second kappa shape index (κ2) is 11.6. The molecule has 6 heteroatoms. The Bertz CT molecular complexity index is 1430. The summed E-state index contributed by atoms with van der Waals surface area (Å²) in [6.07, 6.45) is 7.04. The molecule has 0 aliphatic heterocycles. The van der Waals surface area contributed by atoms with Gasteiger partial charge in [0.15, 0.2) is 24.3 Å². The monoisotopic (exact) mass is 522 g/mol. The Morgan fingerprint density at radius 1 is 0.528 bits per heavy atom. The third-order valence-corrected chi connectivity index (χ3v) is 12.0. The fourth-order valence-electron chi connectivity index (χ4n) is 4.74. The van der Waals surface area contributed by atoms with Crippen LogP contribution in [0.3, 0.4) is 0 Å². The summed E-state index contributed by atoms with van der Waals surface area (Å²) >= 11 is 0. The number of fused-ring (bicyclic) bond motifs is 2. The lowest BCUT2D eigenvalue weighted by molar-refractivity contribution is 0.549. The van der Waals surface area contributed by atoms with Crippen molar-refractivity contribution in [3.63, 3.8) is 0 Å². The lowest BCUT2D eigenvalue weighted by Gasteiger charge is -2.19. The van der Waals surface area contributed by atoms with Crippen LogP contribution in [0.25, 0.3) is 21.5 Å². The molecule has 0 atom stereocenters. The Balaban J connectivity index is 1.68. The number of hydrogen-bond donors (Lipinski definition) is 0.